The summed E-state index contributed by atoms with van der Waals surface area (Å²) in [5, 5.41) is 0. The minimum absolute atomic E-state index is 0.117. The Kier molecular flexibility index (Phi) is 4.51. The average Bonchev–Trinajstić information content (AvgIpc) is 2.91. The van der Waals surface area contributed by atoms with Crippen molar-refractivity contribution in [3.05, 3.63) is 0 Å². The lowest BCUT2D eigenvalue weighted by Gasteiger charge is -2.62. The fraction of sp³-hybridized carbons (Fsp3) is 0.913. The first-order valence-corrected chi connectivity index (χ1v) is 11.0. The molecule has 0 spiro atoms. The van der Waals surface area contributed by atoms with Crippen LogP contribution in [0.15, 0.2) is 0 Å². The zero-order valence-corrected chi connectivity index (χ0v) is 17.1. The predicted molar refractivity (Wildman–Crippen MR) is 101 cm³/mol. The van der Waals surface area contributed by atoms with Crippen molar-refractivity contribution < 1.29 is 14.3 Å². The Balaban J connectivity index is 1.63. The Morgan fingerprint density at radius 1 is 1.08 bits per heavy atom. The summed E-state index contributed by atoms with van der Waals surface area (Å²) in [5.74, 6) is 3.77. The van der Waals surface area contributed by atoms with E-state index in [-0.39, 0.29) is 17.5 Å². The molecular weight excluding hydrogens is 324 g/mol. The number of Topliss-reactive ketones (excluding diaryl/α,β-unsaturated/α-hetero) is 1. The van der Waals surface area contributed by atoms with Gasteiger partial charge in [-0.3, -0.25) is 9.59 Å². The summed E-state index contributed by atoms with van der Waals surface area (Å²) in [6.45, 7) is 8.77. The van der Waals surface area contributed by atoms with E-state index in [0.717, 1.165) is 37.5 Å². The van der Waals surface area contributed by atoms with Crippen LogP contribution in [0.4, 0.5) is 0 Å². The van der Waals surface area contributed by atoms with Crippen LogP contribution in [0, 0.1) is 40.4 Å². The summed E-state index contributed by atoms with van der Waals surface area (Å²) in [6.07, 6.45) is 10.1. The minimum Gasteiger partial charge on any atom is -0.462 e. The van der Waals surface area contributed by atoms with Gasteiger partial charge in [-0.2, -0.15) is 0 Å². The molecule has 0 amide bonds. The van der Waals surface area contributed by atoms with Gasteiger partial charge in [0.25, 0.3) is 0 Å². The number of ether oxygens (including phenoxy) is 1. The molecule has 8 atom stereocenters. The lowest BCUT2D eigenvalue weighted by molar-refractivity contribution is -0.168. The van der Waals surface area contributed by atoms with Gasteiger partial charge in [-0.1, -0.05) is 27.2 Å². The third kappa shape index (κ3) is 2.52. The largest absolute Gasteiger partial charge is 0.462 e. The second kappa shape index (κ2) is 6.34. The Bertz CT molecular complexity index is 586. The molecule has 146 valence electrons. The quantitative estimate of drug-likeness (QED) is 0.638. The zero-order valence-electron chi connectivity index (χ0n) is 17.1. The van der Waals surface area contributed by atoms with E-state index in [1.54, 1.807) is 6.92 Å². The van der Waals surface area contributed by atoms with Crippen molar-refractivity contribution in [1.82, 2.24) is 0 Å². The Labute approximate surface area is 158 Å². The Morgan fingerprint density at radius 2 is 1.85 bits per heavy atom. The summed E-state index contributed by atoms with van der Waals surface area (Å²) in [6, 6.07) is 0. The number of hydrogen-bond acceptors (Lipinski definition) is 3. The van der Waals surface area contributed by atoms with Crippen LogP contribution >= 0.6 is 0 Å². The van der Waals surface area contributed by atoms with Crippen LogP contribution in [-0.4, -0.2) is 17.9 Å². The minimum atomic E-state index is -0.119. The van der Waals surface area contributed by atoms with Gasteiger partial charge in [-0.25, -0.2) is 0 Å². The fourth-order valence-corrected chi connectivity index (χ4v) is 8.21. The first-order valence-electron chi connectivity index (χ1n) is 11.0. The molecule has 0 N–H and O–H groups in total. The molecule has 0 aliphatic heterocycles. The van der Waals surface area contributed by atoms with Gasteiger partial charge >= 0.3 is 5.97 Å². The average molecular weight is 361 g/mol. The zero-order chi connectivity index (χ0) is 18.7. The third-order valence-corrected chi connectivity index (χ3v) is 9.51. The van der Waals surface area contributed by atoms with E-state index in [9.17, 15) is 9.59 Å². The molecule has 4 fully saturated rings. The van der Waals surface area contributed by atoms with Gasteiger partial charge in [0.1, 0.15) is 11.9 Å². The van der Waals surface area contributed by atoms with Crippen molar-refractivity contribution in [2.75, 3.05) is 0 Å². The van der Waals surface area contributed by atoms with Crippen LogP contribution in [0.25, 0.3) is 0 Å². The normalized spacial score (nSPS) is 50.5. The molecule has 2 unspecified atom stereocenters. The first kappa shape index (κ1) is 18.5. The molecule has 3 heteroatoms. The van der Waals surface area contributed by atoms with Crippen LogP contribution in [0.5, 0.6) is 0 Å². The van der Waals surface area contributed by atoms with E-state index in [1.807, 2.05) is 0 Å². The highest BCUT2D eigenvalue weighted by Gasteiger charge is 2.62. The van der Waals surface area contributed by atoms with Gasteiger partial charge in [0, 0.05) is 25.2 Å². The lowest BCUT2D eigenvalue weighted by Crippen LogP contribution is -2.57. The highest BCUT2D eigenvalue weighted by atomic mass is 16.5. The molecule has 4 saturated carbocycles. The topological polar surface area (TPSA) is 43.4 Å². The number of fused-ring (bicyclic) bond motifs is 5. The van der Waals surface area contributed by atoms with E-state index in [4.69, 9.17) is 4.74 Å². The molecule has 4 aliphatic carbocycles. The highest BCUT2D eigenvalue weighted by molar-refractivity contribution is 5.80. The van der Waals surface area contributed by atoms with Crippen molar-refractivity contribution >= 4 is 11.8 Å². The SMILES string of the molecule is CCC1CC(=O)C[C@@H]2CC[C@@H]3[C@H](CC[C@]4(C)C(OC(C)=O)CC[C@@H]34)[C@@]12C. The third-order valence-electron chi connectivity index (χ3n) is 9.51. The first-order chi connectivity index (χ1) is 12.3. The second-order valence-corrected chi connectivity index (χ2v) is 10.3. The number of ketones is 1. The number of carbonyl (C=O) groups excluding carboxylic acids is 2. The number of rotatable bonds is 2. The number of carbonyl (C=O) groups is 2. The second-order valence-electron chi connectivity index (χ2n) is 10.3. The molecule has 0 aromatic heterocycles. The maximum Gasteiger partial charge on any atom is 0.302 e. The van der Waals surface area contributed by atoms with Crippen LogP contribution in [0.3, 0.4) is 0 Å². The van der Waals surface area contributed by atoms with Crippen LogP contribution < -0.4 is 0 Å². The van der Waals surface area contributed by atoms with Crippen molar-refractivity contribution in [2.24, 2.45) is 40.4 Å². The maximum absolute atomic E-state index is 12.3. The van der Waals surface area contributed by atoms with E-state index >= 15 is 0 Å². The van der Waals surface area contributed by atoms with Gasteiger partial charge in [-0.15, -0.1) is 0 Å². The Hall–Kier alpha value is -0.860. The van der Waals surface area contributed by atoms with Gasteiger partial charge in [0.2, 0.25) is 0 Å². The van der Waals surface area contributed by atoms with Crippen LogP contribution in [-0.2, 0) is 14.3 Å². The van der Waals surface area contributed by atoms with Crippen molar-refractivity contribution in [3.63, 3.8) is 0 Å². The molecule has 26 heavy (non-hydrogen) atoms. The molecule has 0 heterocycles. The monoisotopic (exact) mass is 360 g/mol. The van der Waals surface area contributed by atoms with Gasteiger partial charge < -0.3 is 4.74 Å². The predicted octanol–water partition coefficient (Wildman–Crippen LogP) is 5.17. The van der Waals surface area contributed by atoms with Gasteiger partial charge in [-0.05, 0) is 73.5 Å². The summed E-state index contributed by atoms with van der Waals surface area (Å²) in [4.78, 5) is 23.9. The molecule has 0 aromatic rings. The molecule has 3 nitrogen and oxygen atoms in total. The maximum atomic E-state index is 12.3. The fourth-order valence-electron chi connectivity index (χ4n) is 8.21. The molecule has 0 bridgehead atoms. The van der Waals surface area contributed by atoms with Gasteiger partial charge in [0.05, 0.1) is 0 Å². The van der Waals surface area contributed by atoms with E-state index in [2.05, 4.69) is 20.8 Å². The van der Waals surface area contributed by atoms with E-state index in [0.29, 0.717) is 29.0 Å². The van der Waals surface area contributed by atoms with Gasteiger partial charge in [0.15, 0.2) is 0 Å². The van der Waals surface area contributed by atoms with Crippen molar-refractivity contribution in [3.8, 4) is 0 Å². The van der Waals surface area contributed by atoms with Crippen molar-refractivity contribution in [1.29, 1.82) is 0 Å². The van der Waals surface area contributed by atoms with Crippen LogP contribution in [0.1, 0.15) is 85.5 Å². The molecule has 4 rings (SSSR count). The Morgan fingerprint density at radius 3 is 2.54 bits per heavy atom. The van der Waals surface area contributed by atoms with E-state index < -0.39 is 0 Å². The van der Waals surface area contributed by atoms with Crippen LogP contribution in [0.2, 0.25) is 0 Å². The highest BCUT2D eigenvalue weighted by Crippen LogP contribution is 2.67. The molecule has 0 radical (unpaired) electrons. The lowest BCUT2D eigenvalue weighted by atomic mass is 9.42. The summed E-state index contributed by atoms with van der Waals surface area (Å²) in [5.41, 5.74) is 0.509. The molecule has 4 aliphatic rings. The smallest absolute Gasteiger partial charge is 0.302 e. The number of esters is 1. The van der Waals surface area contributed by atoms with Crippen molar-refractivity contribution in [2.45, 2.75) is 91.6 Å². The summed E-state index contributed by atoms with van der Waals surface area (Å²) < 4.78 is 5.77. The molecule has 0 aromatic carbocycles. The summed E-state index contributed by atoms with van der Waals surface area (Å²) >= 11 is 0. The number of hydrogen-bond donors (Lipinski definition) is 0. The summed E-state index contributed by atoms with van der Waals surface area (Å²) in [7, 11) is 0. The van der Waals surface area contributed by atoms with E-state index in [1.165, 1.54) is 32.1 Å². The molecule has 0 saturated heterocycles. The standard InChI is InChI=1S/C23H36O3/c1-5-15-12-17(25)13-16-6-7-18-19-8-9-21(26-14(2)24)22(19,3)11-10-20(18)23(15,16)4/h15-16,18-21H,5-13H2,1-4H3/t15?,16-,18-,19-,20-,21?,22-,23-/m0/s1. The molecular formula is C23H36O3.